The van der Waals surface area contributed by atoms with Gasteiger partial charge in [-0.25, -0.2) is 4.98 Å². The van der Waals surface area contributed by atoms with E-state index in [-0.39, 0.29) is 11.9 Å². The van der Waals surface area contributed by atoms with Crippen molar-refractivity contribution in [2.45, 2.75) is 18.6 Å². The minimum absolute atomic E-state index is 0.0645. The molecule has 1 fully saturated rings. The van der Waals surface area contributed by atoms with Crippen LogP contribution in [0.25, 0.3) is 22.4 Å². The van der Waals surface area contributed by atoms with Crippen LogP contribution in [0.4, 0.5) is 13.2 Å². The fourth-order valence-corrected chi connectivity index (χ4v) is 3.24. The molecule has 1 atom stereocenters. The first-order chi connectivity index (χ1) is 12.9. The number of para-hydroxylation sites is 1. The first-order valence-electron chi connectivity index (χ1n) is 8.60. The number of benzene rings is 2. The smallest absolute Gasteiger partial charge is 0.348 e. The molecule has 2 aromatic carbocycles. The van der Waals surface area contributed by atoms with Gasteiger partial charge in [-0.05, 0) is 37.2 Å². The maximum Gasteiger partial charge on any atom is 0.416 e. The molecule has 0 unspecified atom stereocenters. The molecular weight excluding hydrogens is 357 g/mol. The van der Waals surface area contributed by atoms with Gasteiger partial charge in [0.05, 0.1) is 16.6 Å². The highest BCUT2D eigenvalue weighted by molar-refractivity contribution is 6.05. The summed E-state index contributed by atoms with van der Waals surface area (Å²) in [5, 5.41) is 6.14. The van der Waals surface area contributed by atoms with E-state index in [1.165, 1.54) is 6.07 Å². The van der Waals surface area contributed by atoms with Crippen molar-refractivity contribution in [1.82, 2.24) is 20.6 Å². The largest absolute Gasteiger partial charge is 0.416 e. The molecule has 0 spiro atoms. The molecule has 0 bridgehead atoms. The number of rotatable bonds is 3. The number of halogens is 3. The van der Waals surface area contributed by atoms with E-state index < -0.39 is 11.7 Å². The van der Waals surface area contributed by atoms with Crippen LogP contribution in [0.2, 0.25) is 0 Å². The highest BCUT2D eigenvalue weighted by Gasteiger charge is 2.30. The van der Waals surface area contributed by atoms with Gasteiger partial charge in [0.1, 0.15) is 11.3 Å². The molecule has 1 aliphatic rings. The molecule has 140 valence electrons. The third kappa shape index (κ3) is 3.52. The molecule has 1 aliphatic heterocycles. The van der Waals surface area contributed by atoms with Gasteiger partial charge in [-0.3, -0.25) is 4.79 Å². The molecule has 1 aromatic heterocycles. The maximum absolute atomic E-state index is 13.0. The Morgan fingerprint density at radius 1 is 1.19 bits per heavy atom. The summed E-state index contributed by atoms with van der Waals surface area (Å²) >= 11 is 0. The zero-order valence-corrected chi connectivity index (χ0v) is 14.2. The van der Waals surface area contributed by atoms with Crippen LogP contribution in [0.5, 0.6) is 0 Å². The lowest BCUT2D eigenvalue weighted by atomic mass is 10.1. The topological polar surface area (TPSA) is 69.8 Å². The van der Waals surface area contributed by atoms with E-state index in [1.807, 2.05) is 0 Å². The first-order valence-corrected chi connectivity index (χ1v) is 8.60. The Morgan fingerprint density at radius 3 is 2.74 bits per heavy atom. The Bertz CT molecular complexity index is 990. The Balaban J connectivity index is 1.70. The summed E-state index contributed by atoms with van der Waals surface area (Å²) in [6.45, 7) is 1.58. The predicted molar refractivity (Wildman–Crippen MR) is 95.3 cm³/mol. The molecule has 2 heterocycles. The van der Waals surface area contributed by atoms with Gasteiger partial charge in [0, 0.05) is 18.2 Å². The van der Waals surface area contributed by atoms with Crippen LogP contribution in [-0.4, -0.2) is 35.0 Å². The van der Waals surface area contributed by atoms with E-state index in [4.69, 9.17) is 0 Å². The Hall–Kier alpha value is -2.87. The molecule has 5 nitrogen and oxygen atoms in total. The number of nitrogens with zero attached hydrogens (tertiary/aromatic N) is 1. The third-order valence-corrected chi connectivity index (χ3v) is 4.62. The van der Waals surface area contributed by atoms with E-state index in [0.29, 0.717) is 28.0 Å². The molecular formula is C19H17F3N4O. The standard InChI is InChI=1S/C19H17F3N4O/c20-19(21,22)12-4-1-3-11(9-12)17-25-15-6-2-5-14(16(15)26-17)18(27)24-13-7-8-23-10-13/h1-6,9,13,23H,7-8,10H2,(H,24,27)(H,25,26)/t13-/m0/s1. The van der Waals surface area contributed by atoms with Crippen molar-refractivity contribution in [2.24, 2.45) is 0 Å². The van der Waals surface area contributed by atoms with Crippen molar-refractivity contribution >= 4 is 16.9 Å². The van der Waals surface area contributed by atoms with Crippen LogP contribution in [0.3, 0.4) is 0 Å². The summed E-state index contributed by atoms with van der Waals surface area (Å²) in [7, 11) is 0. The summed E-state index contributed by atoms with van der Waals surface area (Å²) in [4.78, 5) is 20.0. The van der Waals surface area contributed by atoms with E-state index in [0.717, 1.165) is 31.6 Å². The molecule has 0 aliphatic carbocycles. The lowest BCUT2D eigenvalue weighted by Crippen LogP contribution is -2.36. The monoisotopic (exact) mass is 374 g/mol. The van der Waals surface area contributed by atoms with Crippen molar-refractivity contribution in [2.75, 3.05) is 13.1 Å². The summed E-state index contributed by atoms with van der Waals surface area (Å²) in [5.74, 6) is 0.0512. The minimum atomic E-state index is -4.43. The van der Waals surface area contributed by atoms with Crippen molar-refractivity contribution in [3.63, 3.8) is 0 Å². The maximum atomic E-state index is 13.0. The summed E-state index contributed by atoms with van der Waals surface area (Å²) in [5.41, 5.74) is 1.00. The molecule has 4 rings (SSSR count). The number of aromatic amines is 1. The Morgan fingerprint density at radius 2 is 2.00 bits per heavy atom. The number of H-pyrrole nitrogens is 1. The van der Waals surface area contributed by atoms with Gasteiger partial charge >= 0.3 is 6.18 Å². The van der Waals surface area contributed by atoms with Crippen LogP contribution in [0.15, 0.2) is 42.5 Å². The van der Waals surface area contributed by atoms with Gasteiger partial charge in [-0.15, -0.1) is 0 Å². The summed E-state index contributed by atoms with van der Waals surface area (Å²) in [6.07, 6.45) is -3.57. The minimum Gasteiger partial charge on any atom is -0.348 e. The van der Waals surface area contributed by atoms with Gasteiger partial charge in [0.25, 0.3) is 5.91 Å². The number of carbonyl (C=O) groups excluding carboxylic acids is 1. The van der Waals surface area contributed by atoms with E-state index in [2.05, 4.69) is 20.6 Å². The number of hydrogen-bond acceptors (Lipinski definition) is 3. The summed E-state index contributed by atoms with van der Waals surface area (Å²) in [6, 6.07) is 10.1. The van der Waals surface area contributed by atoms with Crippen LogP contribution in [0, 0.1) is 0 Å². The second-order valence-corrected chi connectivity index (χ2v) is 6.53. The molecule has 27 heavy (non-hydrogen) atoms. The molecule has 3 aromatic rings. The van der Waals surface area contributed by atoms with Crippen LogP contribution >= 0.6 is 0 Å². The molecule has 0 radical (unpaired) electrons. The average Bonchev–Trinajstić information content (AvgIpc) is 3.30. The normalized spacial score (nSPS) is 17.4. The lowest BCUT2D eigenvalue weighted by molar-refractivity contribution is -0.137. The van der Waals surface area contributed by atoms with Crippen molar-refractivity contribution in [3.8, 4) is 11.4 Å². The highest BCUT2D eigenvalue weighted by Crippen LogP contribution is 2.32. The second kappa shape index (κ2) is 6.70. The van der Waals surface area contributed by atoms with Gasteiger partial charge in [0.2, 0.25) is 0 Å². The Labute approximate surface area is 153 Å². The quantitative estimate of drug-likeness (QED) is 0.659. The number of imidazole rings is 1. The van der Waals surface area contributed by atoms with Gasteiger partial charge in [-0.2, -0.15) is 13.2 Å². The van der Waals surface area contributed by atoms with Crippen LogP contribution < -0.4 is 10.6 Å². The van der Waals surface area contributed by atoms with Gasteiger partial charge in [-0.1, -0.05) is 18.2 Å². The third-order valence-electron chi connectivity index (χ3n) is 4.62. The highest BCUT2D eigenvalue weighted by atomic mass is 19.4. The molecule has 0 saturated carbocycles. The lowest BCUT2D eigenvalue weighted by Gasteiger charge is -2.11. The number of amides is 1. The summed E-state index contributed by atoms with van der Waals surface area (Å²) < 4.78 is 38.9. The van der Waals surface area contributed by atoms with Crippen LogP contribution in [-0.2, 0) is 6.18 Å². The van der Waals surface area contributed by atoms with Crippen molar-refractivity contribution in [1.29, 1.82) is 0 Å². The SMILES string of the molecule is O=C(N[C@H]1CCNC1)c1cccc2[nH]c(-c3cccc(C(F)(F)F)c3)nc12. The van der Waals surface area contributed by atoms with Crippen molar-refractivity contribution in [3.05, 3.63) is 53.6 Å². The fraction of sp³-hybridized carbons (Fsp3) is 0.263. The fourth-order valence-electron chi connectivity index (χ4n) is 3.24. The molecule has 1 amide bonds. The first kappa shape index (κ1) is 17.5. The van der Waals surface area contributed by atoms with E-state index in [1.54, 1.807) is 24.3 Å². The number of nitrogens with one attached hydrogen (secondary N) is 3. The van der Waals surface area contributed by atoms with Crippen molar-refractivity contribution < 1.29 is 18.0 Å². The number of carbonyl (C=O) groups is 1. The number of fused-ring (bicyclic) bond motifs is 1. The predicted octanol–water partition coefficient (Wildman–Crippen LogP) is 3.34. The molecule has 3 N–H and O–H groups in total. The van der Waals surface area contributed by atoms with E-state index in [9.17, 15) is 18.0 Å². The molecule has 1 saturated heterocycles. The Kier molecular flexibility index (Phi) is 4.35. The van der Waals surface area contributed by atoms with E-state index >= 15 is 0 Å². The number of aromatic nitrogens is 2. The van der Waals surface area contributed by atoms with Crippen LogP contribution in [0.1, 0.15) is 22.3 Å². The van der Waals surface area contributed by atoms with Gasteiger partial charge < -0.3 is 15.6 Å². The zero-order chi connectivity index (χ0) is 19.0. The number of hydrogen-bond donors (Lipinski definition) is 3. The average molecular weight is 374 g/mol. The van der Waals surface area contributed by atoms with Gasteiger partial charge in [0.15, 0.2) is 0 Å². The second-order valence-electron chi connectivity index (χ2n) is 6.53. The zero-order valence-electron chi connectivity index (χ0n) is 14.2. The number of alkyl halides is 3. The molecule has 8 heteroatoms.